The van der Waals surface area contributed by atoms with Crippen molar-refractivity contribution in [2.24, 2.45) is 0 Å². The number of halogens is 2. The first-order valence-corrected chi connectivity index (χ1v) is 13.0. The predicted molar refractivity (Wildman–Crippen MR) is 143 cm³/mol. The second kappa shape index (κ2) is 11.6. The molecule has 0 amide bonds. The smallest absolute Gasteiger partial charge is 0.149 e. The van der Waals surface area contributed by atoms with Crippen molar-refractivity contribution in [1.29, 1.82) is 0 Å². The minimum absolute atomic E-state index is 0.133. The van der Waals surface area contributed by atoms with Gasteiger partial charge in [-0.25, -0.2) is 8.78 Å². The van der Waals surface area contributed by atoms with E-state index in [4.69, 9.17) is 15.2 Å². The van der Waals surface area contributed by atoms with Gasteiger partial charge in [0.25, 0.3) is 0 Å². The zero-order valence-electron chi connectivity index (χ0n) is 21.4. The fourth-order valence-electron chi connectivity index (χ4n) is 5.00. The third kappa shape index (κ3) is 5.40. The van der Waals surface area contributed by atoms with Gasteiger partial charge >= 0.3 is 0 Å². The fraction of sp³-hybridized carbons (Fsp3) is 0.355. The van der Waals surface area contributed by atoms with Gasteiger partial charge in [-0.1, -0.05) is 38.5 Å². The van der Waals surface area contributed by atoms with Crippen molar-refractivity contribution < 1.29 is 18.3 Å². The summed E-state index contributed by atoms with van der Waals surface area (Å²) in [6, 6.07) is 16.3. The molecule has 36 heavy (non-hydrogen) atoms. The van der Waals surface area contributed by atoms with Gasteiger partial charge in [-0.05, 0) is 97.2 Å². The average molecular weight is 492 g/mol. The Balaban J connectivity index is 1.86. The molecule has 190 valence electrons. The minimum Gasteiger partial charge on any atom is -0.494 e. The van der Waals surface area contributed by atoms with Crippen molar-refractivity contribution >= 4 is 16.8 Å². The normalized spacial score (nSPS) is 14.2. The quantitative estimate of drug-likeness (QED) is 0.307. The van der Waals surface area contributed by atoms with Gasteiger partial charge in [0, 0.05) is 11.6 Å². The average Bonchev–Trinajstić information content (AvgIpc) is 3.07. The summed E-state index contributed by atoms with van der Waals surface area (Å²) in [4.78, 5) is 0. The molecule has 0 heterocycles. The van der Waals surface area contributed by atoms with Gasteiger partial charge in [0.15, 0.2) is 0 Å². The summed E-state index contributed by atoms with van der Waals surface area (Å²) < 4.78 is 42.2. The summed E-state index contributed by atoms with van der Waals surface area (Å²) in [6.45, 7) is 6.61. The van der Waals surface area contributed by atoms with Gasteiger partial charge < -0.3 is 15.2 Å². The van der Waals surface area contributed by atoms with Gasteiger partial charge in [0.1, 0.15) is 23.1 Å². The summed E-state index contributed by atoms with van der Waals surface area (Å²) in [6.07, 6.45) is 5.01. The van der Waals surface area contributed by atoms with Crippen molar-refractivity contribution in [1.82, 2.24) is 0 Å². The van der Waals surface area contributed by atoms with Crippen LogP contribution in [-0.4, -0.2) is 12.7 Å². The molecule has 3 nitrogen and oxygen atoms in total. The Bertz CT molecular complexity index is 1230. The maximum absolute atomic E-state index is 15.4. The highest BCUT2D eigenvalue weighted by Gasteiger charge is 2.25. The monoisotopic (exact) mass is 491 g/mol. The van der Waals surface area contributed by atoms with Crippen LogP contribution in [0.3, 0.4) is 0 Å². The Morgan fingerprint density at radius 1 is 0.889 bits per heavy atom. The number of allylic oxidation sites excluding steroid dienone is 1. The van der Waals surface area contributed by atoms with E-state index in [1.165, 1.54) is 6.07 Å². The van der Waals surface area contributed by atoms with E-state index >= 15 is 8.78 Å². The molecule has 3 aromatic rings. The van der Waals surface area contributed by atoms with Crippen LogP contribution in [0.5, 0.6) is 11.5 Å². The second-order valence-corrected chi connectivity index (χ2v) is 9.24. The van der Waals surface area contributed by atoms with Crippen LogP contribution in [0, 0.1) is 11.6 Å². The number of hydrogen-bond acceptors (Lipinski definition) is 3. The number of nitrogens with two attached hydrogens (primary N) is 1. The van der Waals surface area contributed by atoms with E-state index in [0.717, 1.165) is 47.3 Å². The van der Waals surface area contributed by atoms with E-state index in [2.05, 4.69) is 13.8 Å². The molecule has 0 spiro atoms. The topological polar surface area (TPSA) is 44.5 Å². The molecule has 0 aromatic heterocycles. The van der Waals surface area contributed by atoms with Gasteiger partial charge in [0.05, 0.1) is 18.4 Å². The van der Waals surface area contributed by atoms with Gasteiger partial charge in [0.2, 0.25) is 0 Å². The number of ether oxygens (including phenoxy) is 2. The Labute approximate surface area is 212 Å². The molecule has 0 fully saturated rings. The number of rotatable bonds is 9. The highest BCUT2D eigenvalue weighted by Crippen LogP contribution is 2.42. The van der Waals surface area contributed by atoms with Crippen molar-refractivity contribution in [3.63, 3.8) is 0 Å². The van der Waals surface area contributed by atoms with E-state index in [0.29, 0.717) is 42.7 Å². The van der Waals surface area contributed by atoms with E-state index in [1.807, 2.05) is 37.3 Å². The lowest BCUT2D eigenvalue weighted by molar-refractivity contribution is 0.186. The maximum atomic E-state index is 15.4. The summed E-state index contributed by atoms with van der Waals surface area (Å²) in [5, 5.41) is 0. The molecule has 0 bridgehead atoms. The molecule has 1 aliphatic rings. The molecule has 1 unspecified atom stereocenters. The first-order chi connectivity index (χ1) is 17.5. The van der Waals surface area contributed by atoms with Crippen LogP contribution in [0.15, 0.2) is 54.6 Å². The van der Waals surface area contributed by atoms with Crippen molar-refractivity contribution in [2.45, 2.75) is 65.4 Å². The Kier molecular flexibility index (Phi) is 8.29. The Morgan fingerprint density at radius 2 is 1.61 bits per heavy atom. The molecular weight excluding hydrogens is 456 g/mol. The van der Waals surface area contributed by atoms with Crippen LogP contribution in [-0.2, 0) is 6.42 Å². The third-order valence-corrected chi connectivity index (χ3v) is 6.79. The lowest BCUT2D eigenvalue weighted by atomic mass is 9.87. The van der Waals surface area contributed by atoms with Gasteiger partial charge in [-0.3, -0.25) is 0 Å². The van der Waals surface area contributed by atoms with Gasteiger partial charge in [-0.2, -0.15) is 0 Å². The van der Waals surface area contributed by atoms with Crippen LogP contribution in [0.4, 0.5) is 14.5 Å². The molecule has 5 heteroatoms. The van der Waals surface area contributed by atoms with E-state index in [-0.39, 0.29) is 23.4 Å². The predicted octanol–water partition coefficient (Wildman–Crippen LogP) is 8.20. The molecule has 0 aliphatic heterocycles. The van der Waals surface area contributed by atoms with Crippen molar-refractivity contribution in [2.75, 3.05) is 12.3 Å². The summed E-state index contributed by atoms with van der Waals surface area (Å²) >= 11 is 0. The number of nitrogen functional groups attached to an aromatic ring is 1. The highest BCUT2D eigenvalue weighted by atomic mass is 19.1. The molecule has 3 aromatic carbocycles. The standard InChI is InChI=1S/C31H35F2NO2/c1-4-8-21(5-2)36-22-13-11-20(12-14-22)30-25(24-16-15-23(35-6-3)19-28(24)32)9-7-10-27-26(30)17-18-29(34)31(27)33/h11-19,21H,4-10,34H2,1-3H3. The molecular formula is C31H35F2NO2. The van der Waals surface area contributed by atoms with Crippen LogP contribution < -0.4 is 15.2 Å². The zero-order chi connectivity index (χ0) is 25.7. The summed E-state index contributed by atoms with van der Waals surface area (Å²) in [5.74, 6) is 0.556. The first kappa shape index (κ1) is 25.7. The molecule has 0 saturated carbocycles. The van der Waals surface area contributed by atoms with Gasteiger partial charge in [-0.15, -0.1) is 0 Å². The number of hydrogen-bond donors (Lipinski definition) is 1. The fourth-order valence-corrected chi connectivity index (χ4v) is 5.00. The SMILES string of the molecule is CCCC(CC)Oc1ccc(C2=C(c3ccc(OCC)cc3F)CCCc3c2ccc(N)c3F)cc1. The largest absolute Gasteiger partial charge is 0.494 e. The lowest BCUT2D eigenvalue weighted by Crippen LogP contribution is -2.14. The summed E-state index contributed by atoms with van der Waals surface area (Å²) in [5.41, 5.74) is 10.5. The minimum atomic E-state index is -0.385. The second-order valence-electron chi connectivity index (χ2n) is 9.24. The molecule has 4 rings (SSSR count). The zero-order valence-corrected chi connectivity index (χ0v) is 21.4. The van der Waals surface area contributed by atoms with Crippen LogP contribution in [0.1, 0.15) is 75.1 Å². The molecule has 2 N–H and O–H groups in total. The first-order valence-electron chi connectivity index (χ1n) is 13.0. The van der Waals surface area contributed by atoms with Crippen LogP contribution >= 0.6 is 0 Å². The van der Waals surface area contributed by atoms with Crippen LogP contribution in [0.2, 0.25) is 0 Å². The Hall–Kier alpha value is -3.34. The number of benzene rings is 3. The number of anilines is 1. The Morgan fingerprint density at radius 3 is 2.28 bits per heavy atom. The molecule has 0 radical (unpaired) electrons. The van der Waals surface area contributed by atoms with Crippen molar-refractivity contribution in [3.8, 4) is 11.5 Å². The van der Waals surface area contributed by atoms with Crippen LogP contribution in [0.25, 0.3) is 11.1 Å². The van der Waals surface area contributed by atoms with E-state index in [1.54, 1.807) is 18.2 Å². The highest BCUT2D eigenvalue weighted by molar-refractivity contribution is 6.00. The summed E-state index contributed by atoms with van der Waals surface area (Å²) in [7, 11) is 0. The van der Waals surface area contributed by atoms with E-state index < -0.39 is 0 Å². The maximum Gasteiger partial charge on any atom is 0.149 e. The lowest BCUT2D eigenvalue weighted by Gasteiger charge is -2.20. The molecule has 1 atom stereocenters. The van der Waals surface area contributed by atoms with Crippen molar-refractivity contribution in [3.05, 3.63) is 88.5 Å². The molecule has 0 saturated heterocycles. The van der Waals surface area contributed by atoms with E-state index in [9.17, 15) is 0 Å². The number of fused-ring (bicyclic) bond motifs is 1. The molecule has 1 aliphatic carbocycles. The third-order valence-electron chi connectivity index (χ3n) is 6.79.